The van der Waals surface area contributed by atoms with Crippen LogP contribution in [-0.4, -0.2) is 41.0 Å². The number of nitrogens with one attached hydrogen (secondary N) is 1. The van der Waals surface area contributed by atoms with Gasteiger partial charge in [-0.25, -0.2) is 9.97 Å². The van der Waals surface area contributed by atoms with Crippen molar-refractivity contribution in [3.8, 4) is 0 Å². The number of hydrogen-bond donors (Lipinski definition) is 1. The molecular formula is C16H29ClN4. The summed E-state index contributed by atoms with van der Waals surface area (Å²) in [6.45, 7) is 14.6. The van der Waals surface area contributed by atoms with Crippen molar-refractivity contribution in [1.82, 2.24) is 14.9 Å². The van der Waals surface area contributed by atoms with E-state index in [-0.39, 0.29) is 5.41 Å². The maximum absolute atomic E-state index is 6.23. The minimum absolute atomic E-state index is 0.106. The fourth-order valence-electron chi connectivity index (χ4n) is 1.79. The summed E-state index contributed by atoms with van der Waals surface area (Å²) in [5.74, 6) is 1.63. The van der Waals surface area contributed by atoms with Crippen molar-refractivity contribution < 1.29 is 0 Å². The molecule has 1 heterocycles. The van der Waals surface area contributed by atoms with Crippen LogP contribution in [0, 0.1) is 6.92 Å². The lowest BCUT2D eigenvalue weighted by Gasteiger charge is -2.22. The Morgan fingerprint density at radius 3 is 2.38 bits per heavy atom. The highest BCUT2D eigenvalue weighted by atomic mass is 35.5. The van der Waals surface area contributed by atoms with E-state index in [0.29, 0.717) is 11.2 Å². The minimum atomic E-state index is -0.106. The number of halogens is 1. The van der Waals surface area contributed by atoms with Gasteiger partial charge in [0.15, 0.2) is 0 Å². The van der Waals surface area contributed by atoms with E-state index in [1.807, 2.05) is 6.92 Å². The van der Waals surface area contributed by atoms with E-state index in [4.69, 9.17) is 11.6 Å². The van der Waals surface area contributed by atoms with Crippen molar-refractivity contribution >= 4 is 17.4 Å². The maximum Gasteiger partial charge on any atom is 0.137 e. The first-order valence-corrected chi connectivity index (χ1v) is 7.99. The highest BCUT2D eigenvalue weighted by molar-refractivity contribution is 6.30. The molecular weight excluding hydrogens is 284 g/mol. The topological polar surface area (TPSA) is 41.1 Å². The van der Waals surface area contributed by atoms with E-state index < -0.39 is 0 Å². The second kappa shape index (κ2) is 7.41. The molecule has 0 saturated heterocycles. The van der Waals surface area contributed by atoms with E-state index in [2.05, 4.69) is 61.9 Å². The van der Waals surface area contributed by atoms with Crippen LogP contribution in [0.2, 0.25) is 5.15 Å². The molecule has 5 heteroatoms. The van der Waals surface area contributed by atoms with Gasteiger partial charge in [0.25, 0.3) is 0 Å². The molecule has 0 aliphatic rings. The molecule has 0 atom stereocenters. The predicted octanol–water partition coefficient (Wildman–Crippen LogP) is 3.88. The van der Waals surface area contributed by atoms with Crippen LogP contribution in [0.1, 0.15) is 52.4 Å². The number of aromatic nitrogens is 2. The highest BCUT2D eigenvalue weighted by Gasteiger charge is 2.20. The molecule has 4 nitrogen and oxygen atoms in total. The summed E-state index contributed by atoms with van der Waals surface area (Å²) in [5.41, 5.74) is 0.813. The summed E-state index contributed by atoms with van der Waals surface area (Å²) in [6.07, 6.45) is 1.07. The Balaban J connectivity index is 2.69. The molecule has 0 aliphatic carbocycles. The minimum Gasteiger partial charge on any atom is -0.370 e. The molecule has 1 aromatic rings. The SMILES string of the molecule is Cc1c(Cl)nc(C(C)(C)C)nc1NCCCN(C)C(C)C. The van der Waals surface area contributed by atoms with Gasteiger partial charge in [-0.2, -0.15) is 0 Å². The second-order valence-electron chi connectivity index (χ2n) is 6.92. The highest BCUT2D eigenvalue weighted by Crippen LogP contribution is 2.25. The van der Waals surface area contributed by atoms with Crippen molar-refractivity contribution in [3.63, 3.8) is 0 Å². The molecule has 0 amide bonds. The third-order valence-electron chi connectivity index (χ3n) is 3.62. The lowest BCUT2D eigenvalue weighted by Crippen LogP contribution is -2.28. The molecule has 120 valence electrons. The van der Waals surface area contributed by atoms with Crippen molar-refractivity contribution in [1.29, 1.82) is 0 Å². The summed E-state index contributed by atoms with van der Waals surface area (Å²) in [6, 6.07) is 0.577. The quantitative estimate of drug-likeness (QED) is 0.639. The molecule has 0 bridgehead atoms. The largest absolute Gasteiger partial charge is 0.370 e. The van der Waals surface area contributed by atoms with Gasteiger partial charge >= 0.3 is 0 Å². The van der Waals surface area contributed by atoms with Crippen molar-refractivity contribution in [3.05, 3.63) is 16.5 Å². The van der Waals surface area contributed by atoms with E-state index in [1.54, 1.807) is 0 Å². The predicted molar refractivity (Wildman–Crippen MR) is 91.4 cm³/mol. The summed E-state index contributed by atoms with van der Waals surface area (Å²) in [4.78, 5) is 11.4. The average Bonchev–Trinajstić information content (AvgIpc) is 2.37. The van der Waals surface area contributed by atoms with Crippen LogP contribution >= 0.6 is 11.6 Å². The summed E-state index contributed by atoms with van der Waals surface area (Å²) in [5, 5.41) is 3.94. The van der Waals surface area contributed by atoms with Gasteiger partial charge in [0, 0.05) is 23.6 Å². The fourth-order valence-corrected chi connectivity index (χ4v) is 1.96. The Hall–Kier alpha value is -0.870. The van der Waals surface area contributed by atoms with Gasteiger partial charge in [-0.3, -0.25) is 0 Å². The number of hydrogen-bond acceptors (Lipinski definition) is 4. The van der Waals surface area contributed by atoms with Gasteiger partial charge in [-0.05, 0) is 40.8 Å². The van der Waals surface area contributed by atoms with Gasteiger partial charge in [-0.1, -0.05) is 32.4 Å². The molecule has 0 saturated carbocycles. The maximum atomic E-state index is 6.23. The third-order valence-corrected chi connectivity index (χ3v) is 3.99. The van der Waals surface area contributed by atoms with Gasteiger partial charge in [0.2, 0.25) is 0 Å². The van der Waals surface area contributed by atoms with E-state index in [0.717, 1.165) is 36.7 Å². The Morgan fingerprint density at radius 2 is 1.86 bits per heavy atom. The molecule has 0 fully saturated rings. The number of rotatable bonds is 6. The van der Waals surface area contributed by atoms with Gasteiger partial charge in [-0.15, -0.1) is 0 Å². The van der Waals surface area contributed by atoms with Crippen LogP contribution < -0.4 is 5.32 Å². The molecule has 0 aliphatic heterocycles. The van der Waals surface area contributed by atoms with Crippen LogP contribution in [0.15, 0.2) is 0 Å². The van der Waals surface area contributed by atoms with Gasteiger partial charge < -0.3 is 10.2 Å². The van der Waals surface area contributed by atoms with Crippen LogP contribution in [0.25, 0.3) is 0 Å². The molecule has 0 aromatic carbocycles. The van der Waals surface area contributed by atoms with Crippen molar-refractivity contribution in [2.75, 3.05) is 25.5 Å². The van der Waals surface area contributed by atoms with Gasteiger partial charge in [0.05, 0.1) is 0 Å². The monoisotopic (exact) mass is 312 g/mol. The summed E-state index contributed by atoms with van der Waals surface area (Å²) >= 11 is 6.23. The molecule has 21 heavy (non-hydrogen) atoms. The Kier molecular flexibility index (Phi) is 6.41. The van der Waals surface area contributed by atoms with Crippen molar-refractivity contribution in [2.24, 2.45) is 0 Å². The number of nitrogens with zero attached hydrogens (tertiary/aromatic N) is 3. The van der Waals surface area contributed by atoms with Crippen LogP contribution in [0.4, 0.5) is 5.82 Å². The second-order valence-corrected chi connectivity index (χ2v) is 7.27. The van der Waals surface area contributed by atoms with E-state index in [1.165, 1.54) is 0 Å². The molecule has 1 N–H and O–H groups in total. The normalized spacial score (nSPS) is 12.3. The molecule has 0 spiro atoms. The molecule has 1 rings (SSSR count). The van der Waals surface area contributed by atoms with Gasteiger partial charge in [0.1, 0.15) is 16.8 Å². The fraction of sp³-hybridized carbons (Fsp3) is 0.750. The number of anilines is 1. The van der Waals surface area contributed by atoms with E-state index >= 15 is 0 Å². The average molecular weight is 313 g/mol. The Bertz CT molecular complexity index is 466. The first-order chi connectivity index (χ1) is 9.62. The van der Waals surface area contributed by atoms with Crippen LogP contribution in [0.5, 0.6) is 0 Å². The zero-order valence-electron chi connectivity index (χ0n) is 14.4. The van der Waals surface area contributed by atoms with Crippen LogP contribution in [0.3, 0.4) is 0 Å². The molecule has 1 aromatic heterocycles. The van der Waals surface area contributed by atoms with Crippen molar-refractivity contribution in [2.45, 2.75) is 59.4 Å². The smallest absolute Gasteiger partial charge is 0.137 e. The zero-order chi connectivity index (χ0) is 16.2. The lowest BCUT2D eigenvalue weighted by molar-refractivity contribution is 0.273. The van der Waals surface area contributed by atoms with Crippen LogP contribution in [-0.2, 0) is 5.41 Å². The third kappa shape index (κ3) is 5.44. The van der Waals surface area contributed by atoms with E-state index in [9.17, 15) is 0 Å². The zero-order valence-corrected chi connectivity index (χ0v) is 15.2. The molecule has 0 radical (unpaired) electrons. The standard InChI is InChI=1S/C16H29ClN4/c1-11(2)21(7)10-8-9-18-14-12(3)13(17)19-15(20-14)16(4,5)6/h11H,8-10H2,1-7H3,(H,18,19,20). The lowest BCUT2D eigenvalue weighted by atomic mass is 9.95. The first-order valence-electron chi connectivity index (χ1n) is 7.61. The molecule has 0 unspecified atom stereocenters. The summed E-state index contributed by atoms with van der Waals surface area (Å²) < 4.78 is 0. The summed E-state index contributed by atoms with van der Waals surface area (Å²) in [7, 11) is 2.15. The first kappa shape index (κ1) is 18.2. The Morgan fingerprint density at radius 1 is 1.24 bits per heavy atom. The Labute approximate surface area is 134 Å².